The minimum absolute atomic E-state index is 0.120. The Hall–Kier alpha value is -3.16. The number of piperazine rings is 1. The van der Waals surface area contributed by atoms with Crippen molar-refractivity contribution >= 4 is 17.8 Å². The predicted octanol–water partition coefficient (Wildman–Crippen LogP) is 2.27. The van der Waals surface area contributed by atoms with Crippen molar-refractivity contribution in [2.45, 2.75) is 58.2 Å². The van der Waals surface area contributed by atoms with Gasteiger partial charge in [-0.3, -0.25) is 9.59 Å². The maximum absolute atomic E-state index is 13.8. The highest BCUT2D eigenvalue weighted by atomic mass is 16.4. The molecule has 1 aromatic heterocycles. The second kappa shape index (κ2) is 8.17. The van der Waals surface area contributed by atoms with E-state index < -0.39 is 24.1 Å². The van der Waals surface area contributed by atoms with Crippen molar-refractivity contribution in [1.29, 1.82) is 0 Å². The highest BCUT2D eigenvalue weighted by molar-refractivity contribution is 5.99. The van der Waals surface area contributed by atoms with E-state index in [4.69, 9.17) is 4.42 Å². The lowest BCUT2D eigenvalue weighted by Gasteiger charge is -2.44. The molecular formula is C23H27N3O5. The SMILES string of the molecule is CCC(C)[C@@H]1C(=O)N[C@H](C2Cc3ccccc3C2)C(=O)N1C(C(=O)O)c1coc(C)n1. The van der Waals surface area contributed by atoms with Crippen molar-refractivity contribution in [2.24, 2.45) is 11.8 Å². The Kier molecular flexibility index (Phi) is 5.56. The van der Waals surface area contributed by atoms with Crippen LogP contribution in [0.3, 0.4) is 0 Å². The van der Waals surface area contributed by atoms with Gasteiger partial charge in [0.15, 0.2) is 11.9 Å². The van der Waals surface area contributed by atoms with E-state index in [1.54, 1.807) is 6.92 Å². The molecule has 4 rings (SSSR count). The van der Waals surface area contributed by atoms with E-state index in [-0.39, 0.29) is 29.3 Å². The molecule has 0 radical (unpaired) electrons. The average Bonchev–Trinajstić information content (AvgIpc) is 3.35. The monoisotopic (exact) mass is 425 g/mol. The molecule has 2 N–H and O–H groups in total. The summed E-state index contributed by atoms with van der Waals surface area (Å²) >= 11 is 0. The molecule has 4 atom stereocenters. The quantitative estimate of drug-likeness (QED) is 0.734. The fourth-order valence-electron chi connectivity index (χ4n) is 4.81. The first-order valence-electron chi connectivity index (χ1n) is 10.7. The zero-order chi connectivity index (χ0) is 22.3. The minimum atomic E-state index is -1.39. The summed E-state index contributed by atoms with van der Waals surface area (Å²) < 4.78 is 5.23. The second-order valence-electron chi connectivity index (χ2n) is 8.53. The van der Waals surface area contributed by atoms with E-state index in [1.807, 2.05) is 38.1 Å². The summed E-state index contributed by atoms with van der Waals surface area (Å²) in [5, 5.41) is 13.0. The van der Waals surface area contributed by atoms with Crippen LogP contribution in [0.1, 0.15) is 49.0 Å². The van der Waals surface area contributed by atoms with Crippen LogP contribution in [0.15, 0.2) is 34.9 Å². The molecule has 8 nitrogen and oxygen atoms in total. The third kappa shape index (κ3) is 3.71. The molecule has 1 aliphatic carbocycles. The molecule has 2 aromatic rings. The predicted molar refractivity (Wildman–Crippen MR) is 111 cm³/mol. The van der Waals surface area contributed by atoms with Crippen molar-refractivity contribution in [3.05, 3.63) is 53.2 Å². The highest BCUT2D eigenvalue weighted by Gasteiger charge is 2.51. The number of benzene rings is 1. The van der Waals surface area contributed by atoms with Gasteiger partial charge >= 0.3 is 5.97 Å². The van der Waals surface area contributed by atoms with E-state index in [1.165, 1.54) is 11.2 Å². The lowest BCUT2D eigenvalue weighted by atomic mass is 9.86. The summed E-state index contributed by atoms with van der Waals surface area (Å²) in [6.07, 6.45) is 3.19. The number of fused-ring (bicyclic) bond motifs is 1. The van der Waals surface area contributed by atoms with Crippen LogP contribution >= 0.6 is 0 Å². The molecule has 0 bridgehead atoms. The molecule has 1 aromatic carbocycles. The molecular weight excluding hydrogens is 398 g/mol. The van der Waals surface area contributed by atoms with Crippen LogP contribution in [0.2, 0.25) is 0 Å². The van der Waals surface area contributed by atoms with E-state index in [2.05, 4.69) is 10.3 Å². The van der Waals surface area contributed by atoms with Gasteiger partial charge in [-0.05, 0) is 35.8 Å². The number of hydrogen-bond acceptors (Lipinski definition) is 5. The molecule has 1 saturated heterocycles. The Bertz CT molecular complexity index is 991. The molecule has 1 aliphatic heterocycles. The average molecular weight is 425 g/mol. The molecule has 2 heterocycles. The van der Waals surface area contributed by atoms with Crippen molar-refractivity contribution in [2.75, 3.05) is 0 Å². The van der Waals surface area contributed by atoms with Crippen molar-refractivity contribution in [3.63, 3.8) is 0 Å². The number of amides is 2. The summed E-state index contributed by atoms with van der Waals surface area (Å²) in [5.41, 5.74) is 2.44. The smallest absolute Gasteiger partial charge is 0.332 e. The van der Waals surface area contributed by atoms with E-state index >= 15 is 0 Å². The molecule has 31 heavy (non-hydrogen) atoms. The van der Waals surface area contributed by atoms with Crippen LogP contribution in [0, 0.1) is 18.8 Å². The molecule has 8 heteroatoms. The summed E-state index contributed by atoms with van der Waals surface area (Å²) in [6, 6.07) is 4.92. The fourth-order valence-corrected chi connectivity index (χ4v) is 4.81. The molecule has 0 spiro atoms. The number of nitrogens with one attached hydrogen (secondary N) is 1. The third-order valence-corrected chi connectivity index (χ3v) is 6.55. The van der Waals surface area contributed by atoms with Crippen LogP contribution in [0.4, 0.5) is 0 Å². The summed E-state index contributed by atoms with van der Waals surface area (Å²) in [6.45, 7) is 5.37. The van der Waals surface area contributed by atoms with Crippen LogP contribution < -0.4 is 5.32 Å². The van der Waals surface area contributed by atoms with Gasteiger partial charge in [-0.1, -0.05) is 44.5 Å². The lowest BCUT2D eigenvalue weighted by Crippen LogP contribution is -2.68. The maximum Gasteiger partial charge on any atom is 0.332 e. The van der Waals surface area contributed by atoms with Crippen LogP contribution in [0.25, 0.3) is 0 Å². The van der Waals surface area contributed by atoms with Crippen LogP contribution in [-0.2, 0) is 27.2 Å². The Morgan fingerprint density at radius 2 is 1.94 bits per heavy atom. The summed E-state index contributed by atoms with van der Waals surface area (Å²) in [7, 11) is 0. The van der Waals surface area contributed by atoms with Crippen LogP contribution in [0.5, 0.6) is 0 Å². The number of aryl methyl sites for hydroxylation is 1. The summed E-state index contributed by atoms with van der Waals surface area (Å²) in [4.78, 5) is 44.7. The number of carbonyl (C=O) groups excluding carboxylic acids is 2. The molecule has 164 valence electrons. The second-order valence-corrected chi connectivity index (χ2v) is 8.53. The number of oxazole rings is 1. The number of rotatable bonds is 6. The first-order chi connectivity index (χ1) is 14.8. The van der Waals surface area contributed by atoms with Crippen molar-refractivity contribution < 1.29 is 23.9 Å². The Labute approximate surface area is 180 Å². The first kappa shape index (κ1) is 21.1. The van der Waals surface area contributed by atoms with Gasteiger partial charge in [0, 0.05) is 6.92 Å². The molecule has 2 aliphatic rings. The van der Waals surface area contributed by atoms with Gasteiger partial charge in [-0.2, -0.15) is 0 Å². The lowest BCUT2D eigenvalue weighted by molar-refractivity contribution is -0.164. The van der Waals surface area contributed by atoms with Gasteiger partial charge in [0.05, 0.1) is 0 Å². The van der Waals surface area contributed by atoms with Gasteiger partial charge in [-0.25, -0.2) is 9.78 Å². The van der Waals surface area contributed by atoms with E-state index in [0.717, 1.165) is 11.1 Å². The molecule has 2 amide bonds. The Balaban J connectivity index is 1.72. The summed E-state index contributed by atoms with van der Waals surface area (Å²) in [5.74, 6) is -1.98. The number of carbonyl (C=O) groups is 3. The number of carboxylic acid groups (broad SMARTS) is 1. The number of aliphatic carboxylic acids is 1. The first-order valence-corrected chi connectivity index (χ1v) is 10.7. The third-order valence-electron chi connectivity index (χ3n) is 6.55. The Morgan fingerprint density at radius 1 is 1.29 bits per heavy atom. The largest absolute Gasteiger partial charge is 0.479 e. The highest BCUT2D eigenvalue weighted by Crippen LogP contribution is 2.35. The molecule has 0 saturated carbocycles. The zero-order valence-corrected chi connectivity index (χ0v) is 17.9. The van der Waals surface area contributed by atoms with Gasteiger partial charge in [0.1, 0.15) is 24.0 Å². The van der Waals surface area contributed by atoms with Gasteiger partial charge < -0.3 is 19.7 Å². The molecule has 2 unspecified atom stereocenters. The van der Waals surface area contributed by atoms with Gasteiger partial charge in [0.25, 0.3) is 0 Å². The maximum atomic E-state index is 13.8. The van der Waals surface area contributed by atoms with Gasteiger partial charge in [0.2, 0.25) is 11.8 Å². The van der Waals surface area contributed by atoms with Crippen LogP contribution in [-0.4, -0.2) is 44.9 Å². The van der Waals surface area contributed by atoms with E-state index in [9.17, 15) is 19.5 Å². The number of hydrogen-bond donors (Lipinski definition) is 2. The van der Waals surface area contributed by atoms with Crippen molar-refractivity contribution in [3.8, 4) is 0 Å². The van der Waals surface area contributed by atoms with Crippen molar-refractivity contribution in [1.82, 2.24) is 15.2 Å². The standard InChI is InChI=1S/C23H27N3O5/c1-4-12(2)19-21(27)25-18(16-9-14-7-5-6-8-15(14)10-16)22(28)26(19)20(23(29)30)17-11-31-13(3)24-17/h5-8,11-12,16,18-20H,4,9-10H2,1-3H3,(H,25,27)(H,29,30)/t12?,18-,19-,20?/m1/s1. The number of nitrogens with zero attached hydrogens (tertiary/aromatic N) is 2. The Morgan fingerprint density at radius 3 is 2.45 bits per heavy atom. The molecule has 1 fully saturated rings. The topological polar surface area (TPSA) is 113 Å². The van der Waals surface area contributed by atoms with E-state index in [0.29, 0.717) is 25.2 Å². The number of aromatic nitrogens is 1. The minimum Gasteiger partial charge on any atom is -0.479 e. The number of carboxylic acids is 1. The fraction of sp³-hybridized carbons (Fsp3) is 0.478. The normalized spacial score (nSPS) is 23.4. The zero-order valence-electron chi connectivity index (χ0n) is 17.9. The van der Waals surface area contributed by atoms with Gasteiger partial charge in [-0.15, -0.1) is 0 Å².